The second-order valence-corrected chi connectivity index (χ2v) is 5.19. The van der Waals surface area contributed by atoms with Gasteiger partial charge < -0.3 is 4.90 Å². The molecule has 13 heavy (non-hydrogen) atoms. The van der Waals surface area contributed by atoms with Crippen molar-refractivity contribution in [3.05, 3.63) is 0 Å². The number of carbonyl (C=O) groups is 1. The molecule has 1 heterocycles. The van der Waals surface area contributed by atoms with E-state index in [9.17, 15) is 9.00 Å². The van der Waals surface area contributed by atoms with Crippen LogP contribution in [0.15, 0.2) is 0 Å². The molecule has 0 aromatic rings. The van der Waals surface area contributed by atoms with E-state index < -0.39 is 10.8 Å². The molecule has 76 valence electrons. The summed E-state index contributed by atoms with van der Waals surface area (Å²) in [4.78, 5) is 13.0. The molecule has 0 aromatic heterocycles. The molecule has 0 saturated carbocycles. The zero-order valence-corrected chi connectivity index (χ0v) is 8.94. The molecule has 1 fully saturated rings. The predicted molar refractivity (Wildman–Crippen MR) is 54.2 cm³/mol. The lowest BCUT2D eigenvalue weighted by molar-refractivity contribution is -0.117. The van der Waals surface area contributed by atoms with Crippen LogP contribution in [-0.2, 0) is 15.6 Å². The number of ketones is 1. The van der Waals surface area contributed by atoms with E-state index in [-0.39, 0.29) is 5.78 Å². The normalized spacial score (nSPS) is 25.5. The second kappa shape index (κ2) is 5.50. The SMILES string of the molecule is CC(=O)CCN1CCCS(=O)CC1. The Morgan fingerprint density at radius 2 is 2.15 bits per heavy atom. The highest BCUT2D eigenvalue weighted by atomic mass is 32.2. The van der Waals surface area contributed by atoms with Gasteiger partial charge in [-0.1, -0.05) is 0 Å². The van der Waals surface area contributed by atoms with E-state index in [2.05, 4.69) is 4.90 Å². The van der Waals surface area contributed by atoms with Crippen molar-refractivity contribution < 1.29 is 9.00 Å². The topological polar surface area (TPSA) is 37.4 Å². The number of carbonyl (C=O) groups excluding carboxylic acids is 1. The van der Waals surface area contributed by atoms with Gasteiger partial charge in [0.25, 0.3) is 0 Å². The molecule has 1 unspecified atom stereocenters. The Morgan fingerprint density at radius 1 is 1.38 bits per heavy atom. The fraction of sp³-hybridized carbons (Fsp3) is 0.889. The van der Waals surface area contributed by atoms with Gasteiger partial charge >= 0.3 is 0 Å². The predicted octanol–water partition coefficient (Wildman–Crippen LogP) is 0.420. The highest BCUT2D eigenvalue weighted by molar-refractivity contribution is 7.85. The molecular formula is C9H17NO2S. The van der Waals surface area contributed by atoms with Gasteiger partial charge in [0.2, 0.25) is 0 Å². The minimum absolute atomic E-state index is 0.241. The molecule has 0 radical (unpaired) electrons. The van der Waals surface area contributed by atoms with Gasteiger partial charge in [0.15, 0.2) is 0 Å². The van der Waals surface area contributed by atoms with Crippen LogP contribution < -0.4 is 0 Å². The Kier molecular flexibility index (Phi) is 4.59. The van der Waals surface area contributed by atoms with E-state index in [1.807, 2.05) is 0 Å². The third-order valence-corrected chi connectivity index (χ3v) is 3.64. The average molecular weight is 203 g/mol. The van der Waals surface area contributed by atoms with Crippen LogP contribution in [0.5, 0.6) is 0 Å². The minimum Gasteiger partial charge on any atom is -0.302 e. The minimum atomic E-state index is -0.619. The average Bonchev–Trinajstić information content (AvgIpc) is 2.27. The van der Waals surface area contributed by atoms with Crippen LogP contribution in [0.25, 0.3) is 0 Å². The Balaban J connectivity index is 2.25. The lowest BCUT2D eigenvalue weighted by atomic mass is 10.3. The van der Waals surface area contributed by atoms with Crippen molar-refractivity contribution in [2.75, 3.05) is 31.1 Å². The van der Waals surface area contributed by atoms with Crippen LogP contribution in [0.3, 0.4) is 0 Å². The maximum absolute atomic E-state index is 11.2. The van der Waals surface area contributed by atoms with E-state index in [1.165, 1.54) is 0 Å². The van der Waals surface area contributed by atoms with Crippen molar-refractivity contribution in [2.45, 2.75) is 19.8 Å². The second-order valence-electron chi connectivity index (χ2n) is 3.50. The molecule has 1 atom stereocenters. The van der Waals surface area contributed by atoms with Crippen LogP contribution in [0, 0.1) is 0 Å². The molecule has 0 N–H and O–H groups in total. The van der Waals surface area contributed by atoms with E-state index >= 15 is 0 Å². The summed E-state index contributed by atoms with van der Waals surface area (Å²) in [5.74, 6) is 1.85. The molecule has 0 aliphatic carbocycles. The standard InChI is InChI=1S/C9H17NO2S/c1-9(11)3-5-10-4-2-7-13(12)8-6-10/h2-8H2,1H3. The van der Waals surface area contributed by atoms with Gasteiger partial charge in [-0.25, -0.2) is 0 Å². The first-order valence-corrected chi connectivity index (χ1v) is 6.24. The fourth-order valence-electron chi connectivity index (χ4n) is 1.43. The van der Waals surface area contributed by atoms with Gasteiger partial charge in [0, 0.05) is 41.8 Å². The number of Topliss-reactive ketones (excluding diaryl/α,β-unsaturated/α-hetero) is 1. The van der Waals surface area contributed by atoms with Crippen molar-refractivity contribution in [1.82, 2.24) is 4.90 Å². The van der Waals surface area contributed by atoms with Crippen molar-refractivity contribution >= 4 is 16.6 Å². The summed E-state index contributed by atoms with van der Waals surface area (Å²) in [6.45, 7) is 4.35. The molecule has 1 aliphatic heterocycles. The number of hydrogen-bond donors (Lipinski definition) is 0. The summed E-state index contributed by atoms with van der Waals surface area (Å²) in [6, 6.07) is 0. The smallest absolute Gasteiger partial charge is 0.131 e. The number of rotatable bonds is 3. The molecule has 1 aliphatic rings. The molecule has 3 nitrogen and oxygen atoms in total. The summed E-state index contributed by atoms with van der Waals surface area (Å²) in [6.07, 6.45) is 1.64. The maximum Gasteiger partial charge on any atom is 0.131 e. The van der Waals surface area contributed by atoms with Crippen LogP contribution in [0.1, 0.15) is 19.8 Å². The van der Waals surface area contributed by atoms with Gasteiger partial charge in [-0.05, 0) is 19.9 Å². The first-order valence-electron chi connectivity index (χ1n) is 4.75. The van der Waals surface area contributed by atoms with Crippen molar-refractivity contribution in [3.8, 4) is 0 Å². The van der Waals surface area contributed by atoms with Gasteiger partial charge in [0.05, 0.1) is 0 Å². The lowest BCUT2D eigenvalue weighted by Gasteiger charge is -2.17. The Hall–Kier alpha value is -0.220. The van der Waals surface area contributed by atoms with E-state index in [0.717, 1.165) is 37.6 Å². The monoisotopic (exact) mass is 203 g/mol. The zero-order chi connectivity index (χ0) is 9.68. The molecule has 0 bridgehead atoms. The molecular weight excluding hydrogens is 186 g/mol. The summed E-state index contributed by atoms with van der Waals surface area (Å²) in [5, 5.41) is 0. The van der Waals surface area contributed by atoms with Crippen molar-refractivity contribution in [1.29, 1.82) is 0 Å². The summed E-state index contributed by atoms with van der Waals surface area (Å²) < 4.78 is 11.2. The van der Waals surface area contributed by atoms with Crippen LogP contribution in [0.2, 0.25) is 0 Å². The maximum atomic E-state index is 11.2. The number of nitrogens with zero attached hydrogens (tertiary/aromatic N) is 1. The molecule has 0 aromatic carbocycles. The molecule has 0 amide bonds. The van der Waals surface area contributed by atoms with Crippen LogP contribution >= 0.6 is 0 Å². The van der Waals surface area contributed by atoms with E-state index in [0.29, 0.717) is 6.42 Å². The summed E-state index contributed by atoms with van der Waals surface area (Å²) in [5.41, 5.74) is 0. The third-order valence-electron chi connectivity index (χ3n) is 2.26. The van der Waals surface area contributed by atoms with Gasteiger partial charge in [-0.3, -0.25) is 9.00 Å². The molecule has 4 heteroatoms. The zero-order valence-electron chi connectivity index (χ0n) is 8.12. The van der Waals surface area contributed by atoms with Crippen LogP contribution in [-0.4, -0.2) is 46.0 Å². The van der Waals surface area contributed by atoms with Crippen LogP contribution in [0.4, 0.5) is 0 Å². The Labute approximate surface area is 81.9 Å². The Bertz CT molecular complexity index is 206. The molecule has 1 saturated heterocycles. The first kappa shape index (κ1) is 10.9. The largest absolute Gasteiger partial charge is 0.302 e. The van der Waals surface area contributed by atoms with E-state index in [1.54, 1.807) is 6.92 Å². The quantitative estimate of drug-likeness (QED) is 0.667. The van der Waals surface area contributed by atoms with Gasteiger partial charge in [-0.2, -0.15) is 0 Å². The third kappa shape index (κ3) is 4.52. The number of hydrogen-bond acceptors (Lipinski definition) is 3. The van der Waals surface area contributed by atoms with Crippen molar-refractivity contribution in [3.63, 3.8) is 0 Å². The highest BCUT2D eigenvalue weighted by Crippen LogP contribution is 2.02. The highest BCUT2D eigenvalue weighted by Gasteiger charge is 2.12. The molecule has 1 rings (SSSR count). The van der Waals surface area contributed by atoms with Gasteiger partial charge in [-0.15, -0.1) is 0 Å². The first-order chi connectivity index (χ1) is 6.18. The summed E-state index contributed by atoms with van der Waals surface area (Å²) in [7, 11) is -0.619. The van der Waals surface area contributed by atoms with E-state index in [4.69, 9.17) is 0 Å². The lowest BCUT2D eigenvalue weighted by Crippen LogP contribution is -2.28. The fourth-order valence-corrected chi connectivity index (χ4v) is 2.55. The van der Waals surface area contributed by atoms with Gasteiger partial charge in [0.1, 0.15) is 5.78 Å². The Morgan fingerprint density at radius 3 is 2.85 bits per heavy atom. The summed E-state index contributed by atoms with van der Waals surface area (Å²) >= 11 is 0. The molecule has 0 spiro atoms. The van der Waals surface area contributed by atoms with Crippen molar-refractivity contribution in [2.24, 2.45) is 0 Å².